The van der Waals surface area contributed by atoms with Crippen molar-refractivity contribution in [3.8, 4) is 5.69 Å². The Morgan fingerprint density at radius 1 is 1.03 bits per heavy atom. The van der Waals surface area contributed by atoms with E-state index in [0.717, 1.165) is 29.8 Å². The van der Waals surface area contributed by atoms with Crippen molar-refractivity contribution >= 4 is 34.8 Å². The molecule has 1 saturated carbocycles. The number of halogens is 1. The first-order chi connectivity index (χ1) is 16.0. The van der Waals surface area contributed by atoms with Crippen LogP contribution in [0.4, 0.5) is 11.4 Å². The number of aryl methyl sites for hydroxylation is 1. The second-order valence-corrected chi connectivity index (χ2v) is 8.43. The summed E-state index contributed by atoms with van der Waals surface area (Å²) in [6.07, 6.45) is 5.10. The van der Waals surface area contributed by atoms with E-state index >= 15 is 0 Å². The van der Waals surface area contributed by atoms with Gasteiger partial charge in [0.05, 0.1) is 29.4 Å². The predicted octanol–water partition coefficient (Wildman–Crippen LogP) is 5.81. The van der Waals surface area contributed by atoms with E-state index in [4.69, 9.17) is 16.0 Å². The summed E-state index contributed by atoms with van der Waals surface area (Å²) in [5, 5.41) is 10.8. The number of hydrogen-bond acceptors (Lipinski definition) is 4. The summed E-state index contributed by atoms with van der Waals surface area (Å²) in [7, 11) is 0. The Balaban J connectivity index is 1.33. The Hall–Kier alpha value is -3.84. The first-order valence-corrected chi connectivity index (χ1v) is 11.0. The van der Waals surface area contributed by atoms with Crippen molar-refractivity contribution < 1.29 is 14.0 Å². The average Bonchev–Trinajstić information content (AvgIpc) is 3.31. The minimum absolute atomic E-state index is 0.228. The average molecular weight is 461 g/mol. The smallest absolute Gasteiger partial charge is 0.291 e. The standard InChI is InChI=1S/C25H21ClN4O3/c1-15-4-11-19(13-21(15)26)30-23(16-5-6-16)20(14-27-30)24(31)28-17-7-9-18(10-8-17)29-25(32)22-3-2-12-33-22/h2-4,7-14,16H,5-6H2,1H3,(H,28,31)(H,29,32). The van der Waals surface area contributed by atoms with Gasteiger partial charge in [0.25, 0.3) is 11.8 Å². The van der Waals surface area contributed by atoms with Crippen LogP contribution in [0.5, 0.6) is 0 Å². The molecule has 2 heterocycles. The Bertz CT molecular complexity index is 1320. The summed E-state index contributed by atoms with van der Waals surface area (Å²) in [5.74, 6) is -0.0393. The number of furan rings is 1. The molecule has 1 aliphatic carbocycles. The third kappa shape index (κ3) is 4.40. The molecule has 0 spiro atoms. The molecule has 0 bridgehead atoms. The molecule has 0 atom stereocenters. The first-order valence-electron chi connectivity index (χ1n) is 10.6. The molecular weight excluding hydrogens is 440 g/mol. The molecular formula is C25H21ClN4O3. The van der Waals surface area contributed by atoms with Crippen LogP contribution in [-0.4, -0.2) is 21.6 Å². The highest BCUT2D eigenvalue weighted by molar-refractivity contribution is 6.31. The lowest BCUT2D eigenvalue weighted by Crippen LogP contribution is -2.14. The molecule has 1 fully saturated rings. The van der Waals surface area contributed by atoms with Gasteiger partial charge in [0.2, 0.25) is 0 Å². The monoisotopic (exact) mass is 460 g/mol. The van der Waals surface area contributed by atoms with Gasteiger partial charge in [0.1, 0.15) is 0 Å². The van der Waals surface area contributed by atoms with Gasteiger partial charge in [-0.2, -0.15) is 5.10 Å². The number of aromatic nitrogens is 2. The number of anilines is 2. The van der Waals surface area contributed by atoms with E-state index in [0.29, 0.717) is 27.9 Å². The number of nitrogens with one attached hydrogen (secondary N) is 2. The van der Waals surface area contributed by atoms with Crippen LogP contribution >= 0.6 is 11.6 Å². The van der Waals surface area contributed by atoms with Gasteiger partial charge in [-0.3, -0.25) is 9.59 Å². The molecule has 33 heavy (non-hydrogen) atoms. The maximum Gasteiger partial charge on any atom is 0.291 e. The number of amides is 2. The van der Waals surface area contributed by atoms with Crippen LogP contribution in [0.15, 0.2) is 71.5 Å². The van der Waals surface area contributed by atoms with Crippen molar-refractivity contribution in [1.29, 1.82) is 0 Å². The zero-order chi connectivity index (χ0) is 22.9. The molecule has 2 amide bonds. The van der Waals surface area contributed by atoms with Crippen LogP contribution in [0, 0.1) is 6.92 Å². The van der Waals surface area contributed by atoms with Gasteiger partial charge >= 0.3 is 0 Å². The third-order valence-electron chi connectivity index (χ3n) is 5.56. The Morgan fingerprint density at radius 3 is 2.33 bits per heavy atom. The summed E-state index contributed by atoms with van der Waals surface area (Å²) in [5.41, 5.74) is 4.48. The number of carbonyl (C=O) groups is 2. The second kappa shape index (κ2) is 8.60. The Labute approximate surface area is 195 Å². The highest BCUT2D eigenvalue weighted by atomic mass is 35.5. The number of benzene rings is 2. The molecule has 2 aromatic heterocycles. The van der Waals surface area contributed by atoms with Crippen molar-refractivity contribution in [2.75, 3.05) is 10.6 Å². The molecule has 4 aromatic rings. The predicted molar refractivity (Wildman–Crippen MR) is 126 cm³/mol. The number of hydrogen-bond donors (Lipinski definition) is 2. The lowest BCUT2D eigenvalue weighted by atomic mass is 10.1. The van der Waals surface area contributed by atoms with E-state index < -0.39 is 0 Å². The Kier molecular flexibility index (Phi) is 5.48. The van der Waals surface area contributed by atoms with Crippen molar-refractivity contribution in [1.82, 2.24) is 9.78 Å². The van der Waals surface area contributed by atoms with Gasteiger partial charge in [-0.1, -0.05) is 17.7 Å². The molecule has 1 aliphatic rings. The zero-order valence-electron chi connectivity index (χ0n) is 17.8. The van der Waals surface area contributed by atoms with Gasteiger partial charge in [-0.15, -0.1) is 0 Å². The summed E-state index contributed by atoms with van der Waals surface area (Å²) < 4.78 is 6.90. The first kappa shape index (κ1) is 21.0. The molecule has 2 N–H and O–H groups in total. The van der Waals surface area contributed by atoms with Crippen LogP contribution < -0.4 is 10.6 Å². The summed E-state index contributed by atoms with van der Waals surface area (Å²) in [4.78, 5) is 25.2. The SMILES string of the molecule is Cc1ccc(-n2ncc(C(=O)Nc3ccc(NC(=O)c4ccco4)cc3)c2C2CC2)cc1Cl. The molecule has 0 aliphatic heterocycles. The van der Waals surface area contributed by atoms with Crippen molar-refractivity contribution in [2.45, 2.75) is 25.7 Å². The molecule has 8 heteroatoms. The van der Waals surface area contributed by atoms with Crippen molar-refractivity contribution in [3.63, 3.8) is 0 Å². The number of rotatable bonds is 6. The molecule has 2 aromatic carbocycles. The van der Waals surface area contributed by atoms with Crippen LogP contribution in [0.1, 0.15) is 50.9 Å². The van der Waals surface area contributed by atoms with Gasteiger partial charge < -0.3 is 15.1 Å². The quantitative estimate of drug-likeness (QED) is 0.380. The van der Waals surface area contributed by atoms with Crippen LogP contribution in [-0.2, 0) is 0 Å². The largest absolute Gasteiger partial charge is 0.459 e. The highest BCUT2D eigenvalue weighted by Gasteiger charge is 2.33. The van der Waals surface area contributed by atoms with Crippen molar-refractivity contribution in [3.05, 3.63) is 94.7 Å². The topological polar surface area (TPSA) is 89.2 Å². The third-order valence-corrected chi connectivity index (χ3v) is 5.97. The van der Waals surface area contributed by atoms with E-state index in [9.17, 15) is 9.59 Å². The maximum atomic E-state index is 13.1. The molecule has 5 rings (SSSR count). The maximum absolute atomic E-state index is 13.1. The van der Waals surface area contributed by atoms with Crippen LogP contribution in [0.25, 0.3) is 5.69 Å². The number of carbonyl (C=O) groups excluding carboxylic acids is 2. The van der Waals surface area contributed by atoms with Gasteiger partial charge in [0, 0.05) is 22.3 Å². The lowest BCUT2D eigenvalue weighted by molar-refractivity contribution is 0.0994. The zero-order valence-corrected chi connectivity index (χ0v) is 18.6. The fourth-order valence-electron chi connectivity index (χ4n) is 3.64. The summed E-state index contributed by atoms with van der Waals surface area (Å²) in [6.45, 7) is 1.95. The fraction of sp³-hybridized carbons (Fsp3) is 0.160. The van der Waals surface area contributed by atoms with Crippen LogP contribution in [0.2, 0.25) is 5.02 Å². The number of nitrogens with zero attached hydrogens (tertiary/aromatic N) is 2. The van der Waals surface area contributed by atoms with Gasteiger partial charge in [0.15, 0.2) is 5.76 Å². The summed E-state index contributed by atoms with van der Waals surface area (Å²) in [6, 6.07) is 15.9. The highest BCUT2D eigenvalue weighted by Crippen LogP contribution is 2.42. The fourth-order valence-corrected chi connectivity index (χ4v) is 3.81. The van der Waals surface area contributed by atoms with E-state index in [-0.39, 0.29) is 17.6 Å². The second-order valence-electron chi connectivity index (χ2n) is 8.03. The van der Waals surface area contributed by atoms with Gasteiger partial charge in [-0.25, -0.2) is 4.68 Å². The molecule has 166 valence electrons. The molecule has 0 unspecified atom stereocenters. The van der Waals surface area contributed by atoms with E-state index in [2.05, 4.69) is 15.7 Å². The Morgan fingerprint density at radius 2 is 1.73 bits per heavy atom. The van der Waals surface area contributed by atoms with Crippen LogP contribution in [0.3, 0.4) is 0 Å². The lowest BCUT2D eigenvalue weighted by Gasteiger charge is -2.11. The molecule has 7 nitrogen and oxygen atoms in total. The summed E-state index contributed by atoms with van der Waals surface area (Å²) >= 11 is 6.31. The van der Waals surface area contributed by atoms with E-state index in [1.807, 2.05) is 29.8 Å². The molecule has 0 radical (unpaired) electrons. The molecule has 0 saturated heterocycles. The van der Waals surface area contributed by atoms with E-state index in [1.54, 1.807) is 42.6 Å². The normalized spacial score (nSPS) is 13.0. The minimum Gasteiger partial charge on any atom is -0.459 e. The van der Waals surface area contributed by atoms with Crippen molar-refractivity contribution in [2.24, 2.45) is 0 Å². The van der Waals surface area contributed by atoms with E-state index in [1.165, 1.54) is 6.26 Å². The minimum atomic E-state index is -0.338. The van der Waals surface area contributed by atoms with Gasteiger partial charge in [-0.05, 0) is 73.9 Å².